The summed E-state index contributed by atoms with van der Waals surface area (Å²) in [5.41, 5.74) is 2.79. The molecule has 1 aliphatic heterocycles. The molecule has 0 radical (unpaired) electrons. The number of nitrogens with zero attached hydrogens (tertiary/aromatic N) is 3. The largest absolute Gasteiger partial charge is 0.361 e. The number of urea groups is 1. The molecule has 2 N–H and O–H groups in total. The van der Waals surface area contributed by atoms with E-state index in [0.29, 0.717) is 6.54 Å². The second-order valence-corrected chi connectivity index (χ2v) is 6.41. The van der Waals surface area contributed by atoms with Crippen LogP contribution in [0.5, 0.6) is 0 Å². The maximum absolute atomic E-state index is 12.1. The molecule has 0 saturated heterocycles. The van der Waals surface area contributed by atoms with E-state index in [2.05, 4.69) is 31.5 Å². The average Bonchev–Trinajstić information content (AvgIpc) is 3.09. The number of aryl methyl sites for hydroxylation is 4. The van der Waals surface area contributed by atoms with Gasteiger partial charge in [-0.05, 0) is 33.6 Å². The molecule has 0 aliphatic carbocycles. The van der Waals surface area contributed by atoms with E-state index in [1.54, 1.807) is 0 Å². The maximum atomic E-state index is 12.1. The first-order chi connectivity index (χ1) is 11.5. The van der Waals surface area contributed by atoms with Crippen molar-refractivity contribution in [2.75, 3.05) is 6.54 Å². The highest BCUT2D eigenvalue weighted by Crippen LogP contribution is 2.20. The summed E-state index contributed by atoms with van der Waals surface area (Å²) in [6.45, 7) is 7.28. The van der Waals surface area contributed by atoms with Crippen LogP contribution in [-0.2, 0) is 19.4 Å². The summed E-state index contributed by atoms with van der Waals surface area (Å²) >= 11 is 0. The quantitative estimate of drug-likeness (QED) is 0.881. The topological polar surface area (TPSA) is 85.0 Å². The number of nitrogens with one attached hydrogen (secondary N) is 2. The van der Waals surface area contributed by atoms with Crippen molar-refractivity contribution in [1.29, 1.82) is 0 Å². The molecular formula is C17H25N5O2. The third kappa shape index (κ3) is 3.60. The molecule has 0 spiro atoms. The summed E-state index contributed by atoms with van der Waals surface area (Å²) in [4.78, 5) is 16.7. The fourth-order valence-corrected chi connectivity index (χ4v) is 3.32. The lowest BCUT2D eigenvalue weighted by atomic mass is 10.1. The lowest BCUT2D eigenvalue weighted by Gasteiger charge is -2.14. The van der Waals surface area contributed by atoms with Crippen LogP contribution in [0.25, 0.3) is 0 Å². The van der Waals surface area contributed by atoms with Crippen LogP contribution in [0.2, 0.25) is 0 Å². The number of imidazole rings is 1. The lowest BCUT2D eigenvalue weighted by Crippen LogP contribution is -2.38. The number of carbonyl (C=O) groups is 1. The van der Waals surface area contributed by atoms with E-state index in [9.17, 15) is 4.79 Å². The average molecular weight is 331 g/mol. The zero-order chi connectivity index (χ0) is 17.1. The van der Waals surface area contributed by atoms with E-state index in [0.717, 1.165) is 42.1 Å². The van der Waals surface area contributed by atoms with Gasteiger partial charge in [0.15, 0.2) is 0 Å². The van der Waals surface area contributed by atoms with Crippen molar-refractivity contribution in [3.05, 3.63) is 34.7 Å². The van der Waals surface area contributed by atoms with Crippen molar-refractivity contribution in [3.63, 3.8) is 0 Å². The Hall–Kier alpha value is -2.31. The van der Waals surface area contributed by atoms with Crippen LogP contribution in [0.1, 0.15) is 54.3 Å². The Morgan fingerprint density at radius 3 is 2.96 bits per heavy atom. The molecule has 0 bridgehead atoms. The van der Waals surface area contributed by atoms with Gasteiger partial charge in [-0.25, -0.2) is 9.78 Å². The minimum atomic E-state index is -0.188. The number of carbonyl (C=O) groups excluding carboxylic acids is 1. The van der Waals surface area contributed by atoms with Gasteiger partial charge in [-0.2, -0.15) is 0 Å². The minimum absolute atomic E-state index is 0.142. The van der Waals surface area contributed by atoms with Crippen LogP contribution < -0.4 is 10.6 Å². The summed E-state index contributed by atoms with van der Waals surface area (Å²) in [6, 6.07) is -0.331. The third-order valence-electron chi connectivity index (χ3n) is 4.49. The first-order valence-corrected chi connectivity index (χ1v) is 8.56. The van der Waals surface area contributed by atoms with Crippen molar-refractivity contribution in [1.82, 2.24) is 25.3 Å². The summed E-state index contributed by atoms with van der Waals surface area (Å²) in [5.74, 6) is 1.91. The highest BCUT2D eigenvalue weighted by atomic mass is 16.5. The zero-order valence-electron chi connectivity index (χ0n) is 14.6. The minimum Gasteiger partial charge on any atom is -0.361 e. The van der Waals surface area contributed by atoms with Crippen LogP contribution in [-0.4, -0.2) is 27.3 Å². The number of rotatable bonds is 5. The predicted octanol–water partition coefficient (Wildman–Crippen LogP) is 2.43. The van der Waals surface area contributed by atoms with Gasteiger partial charge in [0.2, 0.25) is 0 Å². The van der Waals surface area contributed by atoms with Crippen LogP contribution in [0, 0.1) is 13.8 Å². The fourth-order valence-electron chi connectivity index (χ4n) is 3.32. The molecule has 130 valence electrons. The number of amides is 2. The Morgan fingerprint density at radius 1 is 1.42 bits per heavy atom. The number of hydrogen-bond donors (Lipinski definition) is 2. The molecule has 1 atom stereocenters. The van der Waals surface area contributed by atoms with Crippen molar-refractivity contribution in [2.45, 2.75) is 59.0 Å². The first-order valence-electron chi connectivity index (χ1n) is 8.56. The van der Waals surface area contributed by atoms with E-state index >= 15 is 0 Å². The zero-order valence-corrected chi connectivity index (χ0v) is 14.6. The van der Waals surface area contributed by atoms with Gasteiger partial charge in [0.1, 0.15) is 11.6 Å². The number of hydrogen-bond acceptors (Lipinski definition) is 4. The van der Waals surface area contributed by atoms with Crippen molar-refractivity contribution in [2.24, 2.45) is 0 Å². The molecule has 7 heteroatoms. The van der Waals surface area contributed by atoms with Crippen LogP contribution in [0.3, 0.4) is 0 Å². The third-order valence-corrected chi connectivity index (χ3v) is 4.49. The molecule has 0 aromatic carbocycles. The molecule has 0 saturated carbocycles. The summed E-state index contributed by atoms with van der Waals surface area (Å²) in [5, 5.41) is 9.74. The monoisotopic (exact) mass is 331 g/mol. The van der Waals surface area contributed by atoms with E-state index in [1.165, 1.54) is 18.7 Å². The number of aromatic nitrogens is 3. The van der Waals surface area contributed by atoms with Crippen LogP contribution in [0.15, 0.2) is 10.7 Å². The second kappa shape index (κ2) is 7.07. The predicted molar refractivity (Wildman–Crippen MR) is 89.8 cm³/mol. The van der Waals surface area contributed by atoms with E-state index in [-0.39, 0.29) is 12.1 Å². The Kier molecular flexibility index (Phi) is 4.87. The molecule has 7 nitrogen and oxygen atoms in total. The molecule has 1 aliphatic rings. The van der Waals surface area contributed by atoms with Gasteiger partial charge in [-0.3, -0.25) is 0 Å². The summed E-state index contributed by atoms with van der Waals surface area (Å²) in [7, 11) is 0. The van der Waals surface area contributed by atoms with Crippen LogP contribution in [0.4, 0.5) is 4.79 Å². The van der Waals surface area contributed by atoms with Gasteiger partial charge >= 0.3 is 6.03 Å². The van der Waals surface area contributed by atoms with Crippen LogP contribution >= 0.6 is 0 Å². The van der Waals surface area contributed by atoms with Gasteiger partial charge in [0.05, 0.1) is 17.4 Å². The molecule has 24 heavy (non-hydrogen) atoms. The molecule has 2 aromatic heterocycles. The summed E-state index contributed by atoms with van der Waals surface area (Å²) < 4.78 is 7.38. The van der Waals surface area contributed by atoms with E-state index in [4.69, 9.17) is 4.52 Å². The lowest BCUT2D eigenvalue weighted by molar-refractivity contribution is 0.238. The van der Waals surface area contributed by atoms with E-state index in [1.807, 2.05) is 20.8 Å². The van der Waals surface area contributed by atoms with Crippen molar-refractivity contribution >= 4 is 6.03 Å². The highest BCUT2D eigenvalue weighted by molar-refractivity contribution is 5.74. The van der Waals surface area contributed by atoms with Crippen molar-refractivity contribution < 1.29 is 9.32 Å². The number of fused-ring (bicyclic) bond motifs is 1. The maximum Gasteiger partial charge on any atom is 0.315 e. The van der Waals surface area contributed by atoms with Gasteiger partial charge in [0.25, 0.3) is 0 Å². The highest BCUT2D eigenvalue weighted by Gasteiger charge is 2.18. The Labute approximate surface area is 141 Å². The molecule has 3 heterocycles. The molecule has 0 unspecified atom stereocenters. The Morgan fingerprint density at radius 2 is 2.25 bits per heavy atom. The molecule has 3 rings (SSSR count). The van der Waals surface area contributed by atoms with Gasteiger partial charge in [0, 0.05) is 37.7 Å². The fraction of sp³-hybridized carbons (Fsp3) is 0.588. The van der Waals surface area contributed by atoms with Gasteiger partial charge in [-0.15, -0.1) is 0 Å². The van der Waals surface area contributed by atoms with E-state index < -0.39 is 0 Å². The molecule has 2 aromatic rings. The summed E-state index contributed by atoms with van der Waals surface area (Å²) in [6.07, 6.45) is 6.36. The Balaban J connectivity index is 1.46. The smallest absolute Gasteiger partial charge is 0.315 e. The Bertz CT molecular complexity index is 676. The molecular weight excluding hydrogens is 306 g/mol. The molecule has 2 amide bonds. The normalized spacial score (nSPS) is 15.0. The molecule has 0 fully saturated rings. The van der Waals surface area contributed by atoms with Crippen molar-refractivity contribution in [3.8, 4) is 0 Å². The second-order valence-electron chi connectivity index (χ2n) is 6.41. The SMILES string of the molecule is Cc1noc(C)c1[C@@H](C)NC(=O)NCCc1cn2c(n1)CCCC2. The van der Waals surface area contributed by atoms with Gasteiger partial charge in [-0.1, -0.05) is 5.16 Å². The first kappa shape index (κ1) is 16.5. The van der Waals surface area contributed by atoms with Gasteiger partial charge < -0.3 is 19.7 Å². The standard InChI is InChI=1S/C17H25N5O2/c1-11(16-12(2)21-24-13(16)3)19-17(23)18-8-7-14-10-22-9-5-4-6-15(22)20-14/h10-11H,4-9H2,1-3H3,(H2,18,19,23)/t11-/m1/s1.